The van der Waals surface area contributed by atoms with E-state index < -0.39 is 20.4 Å². The average Bonchev–Trinajstić information content (AvgIpc) is 2.79. The van der Waals surface area contributed by atoms with Crippen LogP contribution in [0.2, 0.25) is 0 Å². The molecule has 0 aliphatic rings. The van der Waals surface area contributed by atoms with Crippen LogP contribution in [0.4, 0.5) is 14.6 Å². The van der Waals surface area contributed by atoms with Gasteiger partial charge in [0.25, 0.3) is 0 Å². The van der Waals surface area contributed by atoms with Gasteiger partial charge >= 0.3 is 13.9 Å². The molecule has 0 amide bonds. The summed E-state index contributed by atoms with van der Waals surface area (Å²) in [4.78, 5) is 26.1. The monoisotopic (exact) mass is 531 g/mol. The van der Waals surface area contributed by atoms with E-state index in [0.29, 0.717) is 17.1 Å². The number of halogens is 2. The predicted octanol–water partition coefficient (Wildman–Crippen LogP) is 5.63. The van der Waals surface area contributed by atoms with Crippen LogP contribution in [0.15, 0.2) is 48.7 Å². The molecule has 4 rings (SSSR count). The highest BCUT2D eigenvalue weighted by Crippen LogP contribution is 2.44. The fraction of sp³-hybridized carbons (Fsp3) is 0.308. The predicted molar refractivity (Wildman–Crippen MR) is 138 cm³/mol. The molecule has 2 aromatic carbocycles. The number of hydrogen-bond acceptors (Lipinski definition) is 6. The molecule has 0 fully saturated rings. The number of fused-ring (bicyclic) bond motifs is 3. The van der Waals surface area contributed by atoms with Gasteiger partial charge in [0, 0.05) is 23.4 Å². The normalized spacial score (nSPS) is 12.4. The number of anilines is 1. The lowest BCUT2D eigenvalue weighted by Gasteiger charge is -2.17. The van der Waals surface area contributed by atoms with Crippen molar-refractivity contribution >= 4 is 35.4 Å². The number of nitrogens with zero attached hydrogens (tertiary/aromatic N) is 2. The molecule has 8 nitrogen and oxygen atoms in total. The highest BCUT2D eigenvalue weighted by Gasteiger charge is 2.37. The minimum atomic E-state index is -5.27. The zero-order valence-corrected chi connectivity index (χ0v) is 21.3. The van der Waals surface area contributed by atoms with Crippen LogP contribution in [0, 0.1) is 13.8 Å². The average molecular weight is 531 g/mol. The van der Waals surface area contributed by atoms with Crippen LogP contribution in [0.25, 0.3) is 21.8 Å². The van der Waals surface area contributed by atoms with Crippen LogP contribution in [0.1, 0.15) is 35.1 Å². The molecule has 0 saturated carbocycles. The maximum atomic E-state index is 13.4. The van der Waals surface area contributed by atoms with Crippen LogP contribution in [-0.2, 0) is 21.9 Å². The molecule has 2 heterocycles. The summed E-state index contributed by atoms with van der Waals surface area (Å²) in [5, 5.41) is 1.98. The number of benzene rings is 2. The summed E-state index contributed by atoms with van der Waals surface area (Å²) in [5.41, 5.74) is 12.0. The number of alkyl halides is 2. The quantitative estimate of drug-likeness (QED) is 0.137. The van der Waals surface area contributed by atoms with Crippen molar-refractivity contribution in [1.29, 1.82) is 0 Å². The summed E-state index contributed by atoms with van der Waals surface area (Å²) in [5.74, 6) is 0.932. The Morgan fingerprint density at radius 3 is 2.57 bits per heavy atom. The number of nitrogen functional groups attached to an aromatic ring is 1. The van der Waals surface area contributed by atoms with Gasteiger partial charge in [0.05, 0.1) is 12.1 Å². The summed E-state index contributed by atoms with van der Waals surface area (Å²) >= 11 is 0. The van der Waals surface area contributed by atoms with Gasteiger partial charge in [-0.1, -0.05) is 18.2 Å². The Morgan fingerprint density at radius 2 is 1.84 bits per heavy atom. The van der Waals surface area contributed by atoms with Gasteiger partial charge in [0.1, 0.15) is 11.3 Å². The zero-order chi connectivity index (χ0) is 26.8. The lowest BCUT2D eigenvalue weighted by molar-refractivity contribution is -0.192. The summed E-state index contributed by atoms with van der Waals surface area (Å²) < 4.78 is 46.4. The number of phosphoric acid groups is 1. The number of phosphoric ester groups is 1. The Morgan fingerprint density at radius 1 is 1.05 bits per heavy atom. The molecule has 0 unspecified atom stereocenters. The summed E-state index contributed by atoms with van der Waals surface area (Å²) in [6, 6.07) is 13.7. The molecule has 4 N–H and O–H groups in total. The zero-order valence-electron chi connectivity index (χ0n) is 20.4. The van der Waals surface area contributed by atoms with Gasteiger partial charge in [-0.05, 0) is 79.6 Å². The third-order valence-electron chi connectivity index (χ3n) is 6.00. The highest BCUT2D eigenvalue weighted by molar-refractivity contribution is 7.46. The summed E-state index contributed by atoms with van der Waals surface area (Å²) in [6.07, 6.45) is -1.59. The molecule has 0 aliphatic heterocycles. The summed E-state index contributed by atoms with van der Waals surface area (Å²) in [6.45, 7) is 3.91. The molecule has 0 spiro atoms. The van der Waals surface area contributed by atoms with E-state index in [-0.39, 0.29) is 13.0 Å². The standard InChI is InChI=1S/C26H28F2N3O5P/c1-16-4-9-21-22-14-18(15-30-24(22)25(29)31-23(21)12-16)5-6-19-7-8-20(13-17(19)2)35-11-3-10-26(27,28)36-37(32,33)34/h4,7-9,12-15H,3,5-6,10-11H2,1-2H3,(H2,29,31)(H2,32,33,34). The van der Waals surface area contributed by atoms with Crippen LogP contribution >= 0.6 is 7.82 Å². The first-order valence-electron chi connectivity index (χ1n) is 11.7. The van der Waals surface area contributed by atoms with Crippen LogP contribution in [0.5, 0.6) is 5.75 Å². The third-order valence-corrected chi connectivity index (χ3v) is 6.51. The Kier molecular flexibility index (Phi) is 7.75. The van der Waals surface area contributed by atoms with Crippen LogP contribution in [-0.4, -0.2) is 32.5 Å². The molecule has 11 heteroatoms. The smallest absolute Gasteiger partial charge is 0.474 e. The van der Waals surface area contributed by atoms with Crippen molar-refractivity contribution in [1.82, 2.24) is 9.97 Å². The first-order valence-corrected chi connectivity index (χ1v) is 13.2. The van der Waals surface area contributed by atoms with Crippen molar-refractivity contribution in [2.75, 3.05) is 12.3 Å². The first kappa shape index (κ1) is 26.9. The van der Waals surface area contributed by atoms with Gasteiger partial charge in [0.15, 0.2) is 5.82 Å². The molecule has 2 aromatic heterocycles. The number of aromatic nitrogens is 2. The lowest BCUT2D eigenvalue weighted by atomic mass is 9.99. The van der Waals surface area contributed by atoms with Crippen molar-refractivity contribution in [2.45, 2.75) is 45.6 Å². The van der Waals surface area contributed by atoms with E-state index in [4.69, 9.17) is 20.3 Å². The molecule has 0 bridgehead atoms. The van der Waals surface area contributed by atoms with Crippen LogP contribution < -0.4 is 10.5 Å². The topological polar surface area (TPSA) is 128 Å². The van der Waals surface area contributed by atoms with Gasteiger partial charge in [-0.3, -0.25) is 4.98 Å². The van der Waals surface area contributed by atoms with E-state index in [1.165, 1.54) is 0 Å². The molecule has 0 radical (unpaired) electrons. The second kappa shape index (κ2) is 10.7. The van der Waals surface area contributed by atoms with Crippen molar-refractivity contribution in [3.8, 4) is 5.75 Å². The fourth-order valence-corrected chi connectivity index (χ4v) is 4.64. The number of nitrogens with two attached hydrogens (primary N) is 1. The highest BCUT2D eigenvalue weighted by atomic mass is 31.2. The number of rotatable bonds is 10. The Labute approximate surface area is 212 Å². The third kappa shape index (κ3) is 6.99. The molecule has 196 valence electrons. The minimum absolute atomic E-state index is 0.0485. The number of pyridine rings is 2. The maximum absolute atomic E-state index is 13.4. The maximum Gasteiger partial charge on any atom is 0.474 e. The first-order chi connectivity index (χ1) is 17.4. The Balaban J connectivity index is 1.38. The fourth-order valence-electron chi connectivity index (χ4n) is 4.20. The minimum Gasteiger partial charge on any atom is -0.494 e. The molecule has 4 aromatic rings. The largest absolute Gasteiger partial charge is 0.494 e. The SMILES string of the molecule is Cc1ccc2c(c1)nc(N)c1ncc(CCc3ccc(OCCCC(F)(F)OP(=O)(O)O)cc3C)cc12. The number of aryl methyl sites for hydroxylation is 4. The molecule has 0 saturated heterocycles. The Hall–Kier alpha value is -3.17. The second-order valence-electron chi connectivity index (χ2n) is 9.02. The molecule has 0 atom stereocenters. The van der Waals surface area contributed by atoms with Crippen LogP contribution in [0.3, 0.4) is 0 Å². The van der Waals surface area contributed by atoms with Gasteiger partial charge < -0.3 is 20.3 Å². The second-order valence-corrected chi connectivity index (χ2v) is 10.2. The molecule has 0 aliphatic carbocycles. The molecular formula is C26H28F2N3O5P. The van der Waals surface area contributed by atoms with Crippen molar-refractivity contribution in [2.24, 2.45) is 0 Å². The molecular weight excluding hydrogens is 503 g/mol. The Bertz CT molecular complexity index is 1490. The van der Waals surface area contributed by atoms with Gasteiger partial charge in [-0.15, -0.1) is 0 Å². The van der Waals surface area contributed by atoms with Gasteiger partial charge in [-0.25, -0.2) is 14.1 Å². The number of hydrogen-bond donors (Lipinski definition) is 3. The summed E-state index contributed by atoms with van der Waals surface area (Å²) in [7, 11) is -5.27. The van der Waals surface area contributed by atoms with Gasteiger partial charge in [-0.2, -0.15) is 8.78 Å². The van der Waals surface area contributed by atoms with Crippen molar-refractivity contribution in [3.05, 3.63) is 70.9 Å². The number of ether oxygens (including phenoxy) is 1. The molecule has 37 heavy (non-hydrogen) atoms. The van der Waals surface area contributed by atoms with Gasteiger partial charge in [0.2, 0.25) is 0 Å². The van der Waals surface area contributed by atoms with E-state index in [9.17, 15) is 13.3 Å². The van der Waals surface area contributed by atoms with E-state index in [1.807, 2.05) is 50.4 Å². The van der Waals surface area contributed by atoms with Crippen molar-refractivity contribution < 1.29 is 32.4 Å². The van der Waals surface area contributed by atoms with E-state index in [1.54, 1.807) is 6.07 Å². The van der Waals surface area contributed by atoms with E-state index in [2.05, 4.69) is 20.6 Å². The van der Waals surface area contributed by atoms with E-state index in [0.717, 1.165) is 51.4 Å². The van der Waals surface area contributed by atoms with Crippen molar-refractivity contribution in [3.63, 3.8) is 0 Å². The van der Waals surface area contributed by atoms with E-state index >= 15 is 0 Å². The lowest BCUT2D eigenvalue weighted by Crippen LogP contribution is -2.20.